The third-order valence-electron chi connectivity index (χ3n) is 4.46. The zero-order chi connectivity index (χ0) is 21.5. The molecule has 0 aliphatic carbocycles. The Bertz CT molecular complexity index is 1050. The van der Waals surface area contributed by atoms with Crippen molar-refractivity contribution in [1.29, 1.82) is 0 Å². The van der Waals surface area contributed by atoms with Crippen LogP contribution in [0.5, 0.6) is 5.75 Å². The lowest BCUT2D eigenvalue weighted by atomic mass is 10.1. The number of methoxy groups -OCH3 is 1. The number of carbonyl (C=O) groups is 2. The number of ether oxygens (including phenoxy) is 1. The summed E-state index contributed by atoms with van der Waals surface area (Å²) in [6.45, 7) is 2.05. The van der Waals surface area contributed by atoms with E-state index in [1.165, 1.54) is 24.5 Å². The zero-order valence-corrected chi connectivity index (χ0v) is 17.7. The normalized spacial score (nSPS) is 10.6. The fourth-order valence-electron chi connectivity index (χ4n) is 2.92. The number of carbonyl (C=O) groups excluding carboxylic acids is 1. The molecule has 0 fully saturated rings. The molecule has 7 nitrogen and oxygen atoms in total. The van der Waals surface area contributed by atoms with E-state index < -0.39 is 5.97 Å². The predicted octanol–water partition coefficient (Wildman–Crippen LogP) is 4.63. The summed E-state index contributed by atoms with van der Waals surface area (Å²) in [7, 11) is 1.44. The van der Waals surface area contributed by atoms with Crippen molar-refractivity contribution in [3.63, 3.8) is 0 Å². The Morgan fingerprint density at radius 2 is 2.07 bits per heavy atom. The quantitative estimate of drug-likeness (QED) is 0.518. The van der Waals surface area contributed by atoms with Crippen LogP contribution in [0.3, 0.4) is 0 Å². The van der Waals surface area contributed by atoms with Gasteiger partial charge in [0.05, 0.1) is 23.4 Å². The molecule has 3 rings (SSSR count). The summed E-state index contributed by atoms with van der Waals surface area (Å²) in [6, 6.07) is 8.68. The third kappa shape index (κ3) is 5.42. The van der Waals surface area contributed by atoms with Gasteiger partial charge in [0.2, 0.25) is 5.91 Å². The first kappa shape index (κ1) is 21.4. The van der Waals surface area contributed by atoms with E-state index in [1.54, 1.807) is 18.3 Å². The lowest BCUT2D eigenvalue weighted by Crippen LogP contribution is -2.10. The van der Waals surface area contributed by atoms with E-state index in [0.717, 1.165) is 34.7 Å². The number of benzene rings is 1. The van der Waals surface area contributed by atoms with Crippen molar-refractivity contribution in [2.45, 2.75) is 32.6 Å². The minimum absolute atomic E-state index is 0.0170. The number of hydrogen-bond donors (Lipinski definition) is 2. The van der Waals surface area contributed by atoms with E-state index in [0.29, 0.717) is 24.4 Å². The number of anilines is 1. The van der Waals surface area contributed by atoms with Gasteiger partial charge in [-0.05, 0) is 36.2 Å². The van der Waals surface area contributed by atoms with Gasteiger partial charge >= 0.3 is 5.97 Å². The highest BCUT2D eigenvalue weighted by Gasteiger charge is 2.13. The third-order valence-corrected chi connectivity index (χ3v) is 5.41. The number of aromatic nitrogens is 2. The number of nitrogens with zero attached hydrogens (tertiary/aromatic N) is 2. The molecule has 2 aromatic heterocycles. The molecule has 0 aliphatic rings. The van der Waals surface area contributed by atoms with Gasteiger partial charge in [0.25, 0.3) is 0 Å². The molecular formula is C22H23N3O4S. The van der Waals surface area contributed by atoms with Gasteiger partial charge in [-0.25, -0.2) is 14.8 Å². The number of rotatable bonds is 9. The Morgan fingerprint density at radius 3 is 2.80 bits per heavy atom. The summed E-state index contributed by atoms with van der Waals surface area (Å²) in [4.78, 5) is 33.0. The van der Waals surface area contributed by atoms with Gasteiger partial charge in [-0.2, -0.15) is 0 Å². The van der Waals surface area contributed by atoms with Gasteiger partial charge in [-0.3, -0.25) is 4.79 Å². The smallest absolute Gasteiger partial charge is 0.339 e. The van der Waals surface area contributed by atoms with Crippen LogP contribution in [-0.2, 0) is 11.2 Å². The molecule has 2 N–H and O–H groups in total. The molecular weight excluding hydrogens is 402 g/mol. The lowest BCUT2D eigenvalue weighted by Gasteiger charge is -2.08. The summed E-state index contributed by atoms with van der Waals surface area (Å²) >= 11 is 1.50. The van der Waals surface area contributed by atoms with Gasteiger partial charge in [0, 0.05) is 24.4 Å². The molecule has 0 atom stereocenters. The van der Waals surface area contributed by atoms with Crippen LogP contribution in [0, 0.1) is 0 Å². The SMILES string of the molecule is CCCCC(=O)Nc1csc(-c2ccnc(Cc3ccc(C(=O)O)c(OC)c3)n2)c1. The molecule has 0 unspecified atom stereocenters. The molecule has 0 aliphatic heterocycles. The van der Waals surface area contributed by atoms with Gasteiger partial charge < -0.3 is 15.2 Å². The van der Waals surface area contributed by atoms with Crippen LogP contribution in [-0.4, -0.2) is 34.1 Å². The first-order chi connectivity index (χ1) is 14.5. The van der Waals surface area contributed by atoms with E-state index in [1.807, 2.05) is 17.5 Å². The highest BCUT2D eigenvalue weighted by atomic mass is 32.1. The summed E-state index contributed by atoms with van der Waals surface area (Å²) in [5.74, 6) is -0.104. The van der Waals surface area contributed by atoms with Crippen molar-refractivity contribution in [3.8, 4) is 16.3 Å². The second-order valence-electron chi connectivity index (χ2n) is 6.73. The van der Waals surface area contributed by atoms with E-state index in [9.17, 15) is 14.7 Å². The van der Waals surface area contributed by atoms with Gasteiger partial charge in [-0.15, -0.1) is 11.3 Å². The monoisotopic (exact) mass is 425 g/mol. The summed E-state index contributed by atoms with van der Waals surface area (Å²) in [6.07, 6.45) is 4.51. The molecule has 3 aromatic rings. The maximum atomic E-state index is 11.9. The Balaban J connectivity index is 1.74. The molecule has 1 amide bonds. The molecule has 0 saturated carbocycles. The average Bonchev–Trinajstić information content (AvgIpc) is 3.20. The molecule has 156 valence electrons. The van der Waals surface area contributed by atoms with E-state index >= 15 is 0 Å². The maximum absolute atomic E-state index is 11.9. The van der Waals surface area contributed by atoms with Gasteiger partial charge in [0.15, 0.2) is 0 Å². The van der Waals surface area contributed by atoms with E-state index in [-0.39, 0.29) is 11.5 Å². The molecule has 1 aromatic carbocycles. The number of nitrogens with one attached hydrogen (secondary N) is 1. The minimum Gasteiger partial charge on any atom is -0.496 e. The fourth-order valence-corrected chi connectivity index (χ4v) is 3.73. The van der Waals surface area contributed by atoms with Crippen LogP contribution in [0.1, 0.15) is 47.9 Å². The van der Waals surface area contributed by atoms with Gasteiger partial charge in [-0.1, -0.05) is 19.4 Å². The van der Waals surface area contributed by atoms with Crippen LogP contribution in [0.15, 0.2) is 41.9 Å². The zero-order valence-electron chi connectivity index (χ0n) is 16.8. The first-order valence-corrected chi connectivity index (χ1v) is 10.5. The predicted molar refractivity (Wildman–Crippen MR) is 116 cm³/mol. The van der Waals surface area contributed by atoms with Gasteiger partial charge in [0.1, 0.15) is 17.1 Å². The number of amides is 1. The van der Waals surface area contributed by atoms with Crippen molar-refractivity contribution in [1.82, 2.24) is 9.97 Å². The number of aromatic carboxylic acids is 1. The van der Waals surface area contributed by atoms with Crippen molar-refractivity contribution >= 4 is 28.9 Å². The molecule has 8 heteroatoms. The van der Waals surface area contributed by atoms with Crippen molar-refractivity contribution < 1.29 is 19.4 Å². The number of hydrogen-bond acceptors (Lipinski definition) is 6. The second kappa shape index (κ2) is 9.98. The standard InChI is InChI=1S/C22H23N3O4S/c1-3-4-5-21(26)24-15-12-19(30-13-15)17-8-9-23-20(25-17)11-14-6-7-16(22(27)28)18(10-14)29-2/h6-10,12-13H,3-5,11H2,1-2H3,(H,24,26)(H,27,28). The van der Waals surface area contributed by atoms with E-state index in [4.69, 9.17) is 4.74 Å². The summed E-state index contributed by atoms with van der Waals surface area (Å²) < 4.78 is 5.18. The Kier molecular flexibility index (Phi) is 7.13. The maximum Gasteiger partial charge on any atom is 0.339 e. The van der Waals surface area contributed by atoms with Crippen molar-refractivity contribution in [3.05, 3.63) is 58.9 Å². The van der Waals surface area contributed by atoms with Crippen LogP contribution in [0.4, 0.5) is 5.69 Å². The highest BCUT2D eigenvalue weighted by Crippen LogP contribution is 2.29. The number of carboxylic acids is 1. The molecule has 0 saturated heterocycles. The van der Waals surface area contributed by atoms with E-state index in [2.05, 4.69) is 22.2 Å². The van der Waals surface area contributed by atoms with Crippen LogP contribution < -0.4 is 10.1 Å². The fraction of sp³-hybridized carbons (Fsp3) is 0.273. The average molecular weight is 426 g/mol. The van der Waals surface area contributed by atoms with Crippen molar-refractivity contribution in [2.75, 3.05) is 12.4 Å². The molecule has 0 spiro atoms. The minimum atomic E-state index is -1.04. The summed E-state index contributed by atoms with van der Waals surface area (Å²) in [5.41, 5.74) is 2.51. The number of unbranched alkanes of at least 4 members (excludes halogenated alkanes) is 1. The topological polar surface area (TPSA) is 101 Å². The number of thiophene rings is 1. The number of carboxylic acid groups (broad SMARTS) is 1. The molecule has 0 bridgehead atoms. The van der Waals surface area contributed by atoms with Crippen LogP contribution >= 0.6 is 11.3 Å². The highest BCUT2D eigenvalue weighted by molar-refractivity contribution is 7.14. The van der Waals surface area contributed by atoms with Crippen LogP contribution in [0.25, 0.3) is 10.6 Å². The van der Waals surface area contributed by atoms with Crippen LogP contribution in [0.2, 0.25) is 0 Å². The lowest BCUT2D eigenvalue weighted by molar-refractivity contribution is -0.116. The molecule has 2 heterocycles. The Morgan fingerprint density at radius 1 is 1.23 bits per heavy atom. The Hall–Kier alpha value is -3.26. The Labute approximate surface area is 178 Å². The summed E-state index contributed by atoms with van der Waals surface area (Å²) in [5, 5.41) is 14.0. The van der Waals surface area contributed by atoms with Crippen molar-refractivity contribution in [2.24, 2.45) is 0 Å². The molecule has 30 heavy (non-hydrogen) atoms. The largest absolute Gasteiger partial charge is 0.496 e. The second-order valence-corrected chi connectivity index (χ2v) is 7.64. The first-order valence-electron chi connectivity index (χ1n) is 9.61. The molecule has 0 radical (unpaired) electrons.